The van der Waals surface area contributed by atoms with Crippen LogP contribution in [0.2, 0.25) is 0 Å². The van der Waals surface area contributed by atoms with Crippen molar-refractivity contribution in [2.75, 3.05) is 18.4 Å². The molecule has 0 amide bonds. The van der Waals surface area contributed by atoms with E-state index in [-0.39, 0.29) is 16.8 Å². The summed E-state index contributed by atoms with van der Waals surface area (Å²) >= 11 is 8.21. The molecule has 3 rings (SSSR count). The third kappa shape index (κ3) is 4.57. The number of anilines is 1. The van der Waals surface area contributed by atoms with Crippen LogP contribution < -0.4 is 11.1 Å². The summed E-state index contributed by atoms with van der Waals surface area (Å²) in [5.41, 5.74) is 7.93. The van der Waals surface area contributed by atoms with Gasteiger partial charge in [-0.25, -0.2) is 4.39 Å². The average Bonchev–Trinajstić information content (AvgIpc) is 2.60. The Balaban J connectivity index is 1.67. The van der Waals surface area contributed by atoms with Gasteiger partial charge >= 0.3 is 0 Å². The van der Waals surface area contributed by atoms with Crippen molar-refractivity contribution in [1.29, 1.82) is 0 Å². The fourth-order valence-electron chi connectivity index (χ4n) is 3.23. The summed E-state index contributed by atoms with van der Waals surface area (Å²) in [7, 11) is 0. The average molecular weight is 422 g/mol. The lowest BCUT2D eigenvalue weighted by atomic mass is 10.0. The number of benzene rings is 2. The van der Waals surface area contributed by atoms with Crippen LogP contribution in [-0.2, 0) is 6.54 Å². The fourth-order valence-corrected chi connectivity index (χ4v) is 4.09. The van der Waals surface area contributed by atoms with E-state index >= 15 is 0 Å². The van der Waals surface area contributed by atoms with Gasteiger partial charge in [-0.3, -0.25) is 4.90 Å². The first-order chi connectivity index (χ1) is 12.0. The van der Waals surface area contributed by atoms with Crippen LogP contribution >= 0.6 is 28.1 Å². The lowest BCUT2D eigenvalue weighted by molar-refractivity contribution is 0.208. The van der Waals surface area contributed by atoms with E-state index in [2.05, 4.69) is 50.4 Å². The first kappa shape index (κ1) is 18.3. The van der Waals surface area contributed by atoms with Gasteiger partial charge in [0.1, 0.15) is 4.99 Å². The second kappa shape index (κ2) is 8.25. The normalized spacial score (nSPS) is 18.1. The highest BCUT2D eigenvalue weighted by Crippen LogP contribution is 2.28. The zero-order chi connectivity index (χ0) is 17.8. The number of halogens is 2. The van der Waals surface area contributed by atoms with Gasteiger partial charge in [0.2, 0.25) is 0 Å². The number of rotatable bonds is 5. The van der Waals surface area contributed by atoms with Crippen molar-refractivity contribution >= 4 is 38.8 Å². The van der Waals surface area contributed by atoms with Crippen LogP contribution in [0.4, 0.5) is 10.1 Å². The number of hydrogen-bond acceptors (Lipinski definition) is 3. The predicted octanol–water partition coefficient (Wildman–Crippen LogP) is 4.30. The van der Waals surface area contributed by atoms with E-state index in [9.17, 15) is 4.39 Å². The lowest BCUT2D eigenvalue weighted by Gasteiger charge is -2.34. The van der Waals surface area contributed by atoms with Gasteiger partial charge in [-0.2, -0.15) is 0 Å². The number of piperidine rings is 1. The molecule has 2 aromatic carbocycles. The van der Waals surface area contributed by atoms with E-state index in [1.54, 1.807) is 12.1 Å². The van der Waals surface area contributed by atoms with E-state index in [1.807, 2.05) is 6.07 Å². The molecule has 0 bridgehead atoms. The quantitative estimate of drug-likeness (QED) is 0.706. The van der Waals surface area contributed by atoms with Crippen LogP contribution in [0.5, 0.6) is 0 Å². The zero-order valence-corrected chi connectivity index (χ0v) is 16.2. The molecular formula is C19H21BrFN3S. The van der Waals surface area contributed by atoms with Crippen LogP contribution in [-0.4, -0.2) is 29.0 Å². The number of hydrogen-bond donors (Lipinski definition) is 2. The van der Waals surface area contributed by atoms with Crippen molar-refractivity contribution in [1.82, 2.24) is 4.90 Å². The third-order valence-electron chi connectivity index (χ3n) is 4.46. The molecule has 0 aliphatic carbocycles. The molecule has 132 valence electrons. The monoisotopic (exact) mass is 421 g/mol. The maximum Gasteiger partial charge on any atom is 0.161 e. The molecule has 1 aliphatic rings. The fraction of sp³-hybridized carbons (Fsp3) is 0.316. The molecule has 2 aromatic rings. The number of thiocarbonyl (C=S) groups is 1. The van der Waals surface area contributed by atoms with Crippen LogP contribution in [0.15, 0.2) is 46.9 Å². The van der Waals surface area contributed by atoms with Crippen LogP contribution in [0.1, 0.15) is 24.0 Å². The largest absolute Gasteiger partial charge is 0.389 e. The highest BCUT2D eigenvalue weighted by molar-refractivity contribution is 9.10. The smallest absolute Gasteiger partial charge is 0.161 e. The van der Waals surface area contributed by atoms with Crippen molar-refractivity contribution in [2.45, 2.75) is 25.4 Å². The minimum Gasteiger partial charge on any atom is -0.389 e. The molecule has 1 heterocycles. The summed E-state index contributed by atoms with van der Waals surface area (Å²) in [5, 5.41) is 3.34. The SMILES string of the molecule is NC(=S)c1ccc(NC2CCCN(Cc3ccccc3)C2)c(F)c1Br. The van der Waals surface area contributed by atoms with E-state index in [4.69, 9.17) is 18.0 Å². The Kier molecular flexibility index (Phi) is 6.04. The summed E-state index contributed by atoms with van der Waals surface area (Å²) in [4.78, 5) is 2.59. The molecule has 25 heavy (non-hydrogen) atoms. The summed E-state index contributed by atoms with van der Waals surface area (Å²) < 4.78 is 14.9. The van der Waals surface area contributed by atoms with E-state index in [0.717, 1.165) is 32.5 Å². The number of nitrogens with one attached hydrogen (secondary N) is 1. The lowest BCUT2D eigenvalue weighted by Crippen LogP contribution is -2.41. The molecule has 1 aliphatic heterocycles. The predicted molar refractivity (Wildman–Crippen MR) is 108 cm³/mol. The minimum absolute atomic E-state index is 0.184. The first-order valence-electron chi connectivity index (χ1n) is 8.35. The van der Waals surface area contributed by atoms with Crippen molar-refractivity contribution in [3.8, 4) is 0 Å². The van der Waals surface area contributed by atoms with Crippen molar-refractivity contribution in [2.24, 2.45) is 5.73 Å². The number of likely N-dealkylation sites (tertiary alicyclic amines) is 1. The second-order valence-corrected chi connectivity index (χ2v) is 7.59. The van der Waals surface area contributed by atoms with Gasteiger partial charge in [-0.1, -0.05) is 42.5 Å². The Morgan fingerprint density at radius 1 is 1.28 bits per heavy atom. The van der Waals surface area contributed by atoms with Gasteiger partial charge in [0.15, 0.2) is 5.82 Å². The summed E-state index contributed by atoms with van der Waals surface area (Å²) in [6.45, 7) is 2.88. The Labute approximate surface area is 161 Å². The van der Waals surface area contributed by atoms with Crippen LogP contribution in [0, 0.1) is 5.82 Å². The Bertz CT molecular complexity index is 754. The van der Waals surface area contributed by atoms with Crippen molar-refractivity contribution in [3.05, 3.63) is 63.9 Å². The van der Waals surface area contributed by atoms with Gasteiger partial charge in [-0.05, 0) is 53.0 Å². The topological polar surface area (TPSA) is 41.3 Å². The van der Waals surface area contributed by atoms with Gasteiger partial charge in [-0.15, -0.1) is 0 Å². The maximum absolute atomic E-state index is 14.6. The molecule has 1 fully saturated rings. The van der Waals surface area contributed by atoms with Crippen LogP contribution in [0.25, 0.3) is 0 Å². The van der Waals surface area contributed by atoms with Crippen molar-refractivity contribution < 1.29 is 4.39 Å². The van der Waals surface area contributed by atoms with E-state index in [1.165, 1.54) is 5.56 Å². The molecule has 1 unspecified atom stereocenters. The summed E-state index contributed by atoms with van der Waals surface area (Å²) in [5.74, 6) is -0.342. The molecule has 1 saturated heterocycles. The molecule has 0 radical (unpaired) electrons. The first-order valence-corrected chi connectivity index (χ1v) is 9.55. The zero-order valence-electron chi connectivity index (χ0n) is 13.8. The van der Waals surface area contributed by atoms with Gasteiger partial charge in [0, 0.05) is 24.7 Å². The minimum atomic E-state index is -0.342. The molecule has 0 spiro atoms. The molecule has 0 aromatic heterocycles. The number of nitrogens with zero attached hydrogens (tertiary/aromatic N) is 1. The van der Waals surface area contributed by atoms with Crippen molar-refractivity contribution in [3.63, 3.8) is 0 Å². The summed E-state index contributed by atoms with van der Waals surface area (Å²) in [6, 6.07) is 14.1. The third-order valence-corrected chi connectivity index (χ3v) is 5.46. The molecule has 1 atom stereocenters. The van der Waals surface area contributed by atoms with Gasteiger partial charge in [0.05, 0.1) is 10.2 Å². The Hall–Kier alpha value is -1.50. The molecule has 0 saturated carbocycles. The Morgan fingerprint density at radius 2 is 2.04 bits per heavy atom. The summed E-state index contributed by atoms with van der Waals surface area (Å²) in [6.07, 6.45) is 2.12. The molecule has 3 nitrogen and oxygen atoms in total. The van der Waals surface area contributed by atoms with Crippen LogP contribution in [0.3, 0.4) is 0 Å². The van der Waals surface area contributed by atoms with E-state index in [0.29, 0.717) is 15.7 Å². The molecule has 3 N–H and O–H groups in total. The standard InChI is InChI=1S/C19H21BrFN3S/c20-17-15(19(22)25)8-9-16(18(17)21)23-14-7-4-10-24(12-14)11-13-5-2-1-3-6-13/h1-3,5-6,8-9,14,23H,4,7,10-12H2,(H2,22,25). The maximum atomic E-state index is 14.6. The highest BCUT2D eigenvalue weighted by Gasteiger charge is 2.22. The van der Waals surface area contributed by atoms with Gasteiger partial charge < -0.3 is 11.1 Å². The van der Waals surface area contributed by atoms with Gasteiger partial charge in [0.25, 0.3) is 0 Å². The molecule has 6 heteroatoms. The molecular weight excluding hydrogens is 401 g/mol. The number of nitrogens with two attached hydrogens (primary N) is 1. The second-order valence-electron chi connectivity index (χ2n) is 6.36. The Morgan fingerprint density at radius 3 is 2.76 bits per heavy atom. The van der Waals surface area contributed by atoms with E-state index < -0.39 is 0 Å². The highest BCUT2D eigenvalue weighted by atomic mass is 79.9.